The SMILES string of the molecule is NCC1(c2ccc(Cc3cc[nH]c3)cc2)CC1. The van der Waals surface area contributed by atoms with Crippen LogP contribution in [0.1, 0.15) is 29.5 Å². The van der Waals surface area contributed by atoms with E-state index >= 15 is 0 Å². The third-order valence-electron chi connectivity index (χ3n) is 3.88. The van der Waals surface area contributed by atoms with E-state index in [1.807, 2.05) is 6.20 Å². The highest BCUT2D eigenvalue weighted by Crippen LogP contribution is 2.47. The molecular formula is C15H18N2. The van der Waals surface area contributed by atoms with E-state index in [4.69, 9.17) is 5.73 Å². The maximum absolute atomic E-state index is 5.84. The van der Waals surface area contributed by atoms with Crippen LogP contribution in [0.25, 0.3) is 0 Å². The van der Waals surface area contributed by atoms with Gasteiger partial charge in [-0.1, -0.05) is 24.3 Å². The minimum atomic E-state index is 0.312. The Hall–Kier alpha value is -1.54. The topological polar surface area (TPSA) is 41.8 Å². The van der Waals surface area contributed by atoms with Crippen LogP contribution in [-0.2, 0) is 11.8 Å². The van der Waals surface area contributed by atoms with Gasteiger partial charge in [-0.05, 0) is 42.0 Å². The fourth-order valence-electron chi connectivity index (χ4n) is 2.44. The van der Waals surface area contributed by atoms with Crippen LogP contribution < -0.4 is 5.73 Å². The van der Waals surface area contributed by atoms with Crippen LogP contribution in [0.4, 0.5) is 0 Å². The van der Waals surface area contributed by atoms with Gasteiger partial charge >= 0.3 is 0 Å². The zero-order chi connectivity index (χ0) is 11.7. The average molecular weight is 226 g/mol. The standard InChI is InChI=1S/C15H18N2/c16-11-15(6-7-15)14-3-1-12(2-4-14)9-13-5-8-17-10-13/h1-5,8,10,17H,6-7,9,11,16H2. The maximum atomic E-state index is 5.84. The lowest BCUT2D eigenvalue weighted by Crippen LogP contribution is -2.19. The van der Waals surface area contributed by atoms with E-state index < -0.39 is 0 Å². The first kappa shape index (κ1) is 10.6. The molecule has 2 aromatic rings. The number of benzene rings is 1. The molecule has 1 fully saturated rings. The highest BCUT2D eigenvalue weighted by Gasteiger charge is 2.42. The van der Waals surface area contributed by atoms with Crippen molar-refractivity contribution in [3.8, 4) is 0 Å². The van der Waals surface area contributed by atoms with Crippen molar-refractivity contribution in [2.75, 3.05) is 6.54 Å². The second-order valence-corrected chi connectivity index (χ2v) is 5.08. The summed E-state index contributed by atoms with van der Waals surface area (Å²) in [5, 5.41) is 0. The molecule has 3 N–H and O–H groups in total. The molecule has 1 aromatic carbocycles. The predicted molar refractivity (Wildman–Crippen MR) is 70.0 cm³/mol. The average Bonchev–Trinajstić information content (AvgIpc) is 3.01. The van der Waals surface area contributed by atoms with E-state index in [-0.39, 0.29) is 0 Å². The van der Waals surface area contributed by atoms with E-state index in [9.17, 15) is 0 Å². The third-order valence-corrected chi connectivity index (χ3v) is 3.88. The molecule has 2 heteroatoms. The first-order valence-corrected chi connectivity index (χ1v) is 6.24. The number of nitrogens with two attached hydrogens (primary N) is 1. The lowest BCUT2D eigenvalue weighted by Gasteiger charge is -2.13. The minimum absolute atomic E-state index is 0.312. The summed E-state index contributed by atoms with van der Waals surface area (Å²) in [6, 6.07) is 11.1. The van der Waals surface area contributed by atoms with Gasteiger partial charge in [0, 0.05) is 24.4 Å². The molecule has 0 aliphatic heterocycles. The Morgan fingerprint density at radius 1 is 1.06 bits per heavy atom. The Morgan fingerprint density at radius 2 is 1.82 bits per heavy atom. The molecule has 0 bridgehead atoms. The molecule has 17 heavy (non-hydrogen) atoms. The molecule has 0 saturated heterocycles. The van der Waals surface area contributed by atoms with Gasteiger partial charge in [-0.2, -0.15) is 0 Å². The maximum Gasteiger partial charge on any atom is 0.00762 e. The summed E-state index contributed by atoms with van der Waals surface area (Å²) >= 11 is 0. The molecule has 1 saturated carbocycles. The molecule has 0 unspecified atom stereocenters. The molecule has 3 rings (SSSR count). The van der Waals surface area contributed by atoms with Crippen LogP contribution >= 0.6 is 0 Å². The van der Waals surface area contributed by atoms with Gasteiger partial charge in [-0.15, -0.1) is 0 Å². The van der Waals surface area contributed by atoms with Crippen molar-refractivity contribution >= 4 is 0 Å². The number of nitrogens with one attached hydrogen (secondary N) is 1. The van der Waals surface area contributed by atoms with Crippen molar-refractivity contribution in [3.63, 3.8) is 0 Å². The zero-order valence-corrected chi connectivity index (χ0v) is 9.95. The van der Waals surface area contributed by atoms with Crippen LogP contribution in [0.15, 0.2) is 42.7 Å². The first-order valence-electron chi connectivity index (χ1n) is 6.24. The van der Waals surface area contributed by atoms with Gasteiger partial charge in [0.1, 0.15) is 0 Å². The van der Waals surface area contributed by atoms with Gasteiger partial charge in [0.25, 0.3) is 0 Å². The Labute approximate surface area is 102 Å². The van der Waals surface area contributed by atoms with Crippen molar-refractivity contribution in [3.05, 3.63) is 59.4 Å². The van der Waals surface area contributed by atoms with Gasteiger partial charge in [-0.25, -0.2) is 0 Å². The zero-order valence-electron chi connectivity index (χ0n) is 9.95. The fourth-order valence-corrected chi connectivity index (χ4v) is 2.44. The number of rotatable bonds is 4. The lowest BCUT2D eigenvalue weighted by atomic mass is 9.94. The second kappa shape index (κ2) is 4.04. The number of hydrogen-bond acceptors (Lipinski definition) is 1. The Morgan fingerprint density at radius 3 is 2.35 bits per heavy atom. The molecule has 0 radical (unpaired) electrons. The van der Waals surface area contributed by atoms with Gasteiger partial charge in [0.15, 0.2) is 0 Å². The summed E-state index contributed by atoms with van der Waals surface area (Å²) in [4.78, 5) is 3.09. The normalized spacial score (nSPS) is 17.0. The second-order valence-electron chi connectivity index (χ2n) is 5.08. The molecule has 2 nitrogen and oxygen atoms in total. The largest absolute Gasteiger partial charge is 0.367 e. The predicted octanol–water partition coefficient (Wildman–Crippen LogP) is 2.60. The van der Waals surface area contributed by atoms with Gasteiger partial charge in [0.05, 0.1) is 0 Å². The Bertz CT molecular complexity index is 478. The number of aromatic amines is 1. The van der Waals surface area contributed by atoms with E-state index in [0.717, 1.165) is 13.0 Å². The Kier molecular flexibility index (Phi) is 2.52. The summed E-state index contributed by atoms with van der Waals surface area (Å²) in [5.74, 6) is 0. The van der Waals surface area contributed by atoms with Crippen LogP contribution in [0.3, 0.4) is 0 Å². The third kappa shape index (κ3) is 2.01. The highest BCUT2D eigenvalue weighted by atomic mass is 14.7. The molecule has 1 aliphatic rings. The number of H-pyrrole nitrogens is 1. The molecule has 88 valence electrons. The van der Waals surface area contributed by atoms with Crippen molar-refractivity contribution in [1.29, 1.82) is 0 Å². The van der Waals surface area contributed by atoms with Gasteiger partial charge < -0.3 is 10.7 Å². The molecule has 0 amide bonds. The Balaban J connectivity index is 1.76. The molecule has 1 aromatic heterocycles. The van der Waals surface area contributed by atoms with Crippen LogP contribution in [0.2, 0.25) is 0 Å². The fraction of sp³-hybridized carbons (Fsp3) is 0.333. The van der Waals surface area contributed by atoms with Crippen molar-refractivity contribution in [1.82, 2.24) is 4.98 Å². The van der Waals surface area contributed by atoms with E-state index in [2.05, 4.69) is 41.5 Å². The lowest BCUT2D eigenvalue weighted by molar-refractivity contribution is 0.704. The van der Waals surface area contributed by atoms with Crippen molar-refractivity contribution in [2.24, 2.45) is 5.73 Å². The minimum Gasteiger partial charge on any atom is -0.367 e. The molecule has 1 heterocycles. The first-order chi connectivity index (χ1) is 8.32. The van der Waals surface area contributed by atoms with E-state index in [0.29, 0.717) is 5.41 Å². The molecule has 0 atom stereocenters. The summed E-state index contributed by atoms with van der Waals surface area (Å²) in [6.07, 6.45) is 7.52. The number of aromatic nitrogens is 1. The van der Waals surface area contributed by atoms with Gasteiger partial charge in [-0.3, -0.25) is 0 Å². The summed E-state index contributed by atoms with van der Waals surface area (Å²) in [5.41, 5.74) is 10.3. The van der Waals surface area contributed by atoms with E-state index in [1.54, 1.807) is 0 Å². The molecule has 1 aliphatic carbocycles. The number of hydrogen-bond donors (Lipinski definition) is 2. The summed E-state index contributed by atoms with van der Waals surface area (Å²) in [7, 11) is 0. The van der Waals surface area contributed by atoms with Crippen molar-refractivity contribution < 1.29 is 0 Å². The van der Waals surface area contributed by atoms with Crippen LogP contribution in [0.5, 0.6) is 0 Å². The highest BCUT2D eigenvalue weighted by molar-refractivity contribution is 5.35. The van der Waals surface area contributed by atoms with Crippen LogP contribution in [-0.4, -0.2) is 11.5 Å². The molecule has 0 spiro atoms. The van der Waals surface area contributed by atoms with Crippen molar-refractivity contribution in [2.45, 2.75) is 24.7 Å². The van der Waals surface area contributed by atoms with Crippen LogP contribution in [0, 0.1) is 0 Å². The quantitative estimate of drug-likeness (QED) is 0.826. The smallest absolute Gasteiger partial charge is 0.00762 e. The summed E-state index contributed by atoms with van der Waals surface area (Å²) < 4.78 is 0. The van der Waals surface area contributed by atoms with E-state index in [1.165, 1.54) is 29.5 Å². The monoisotopic (exact) mass is 226 g/mol. The summed E-state index contributed by atoms with van der Waals surface area (Å²) in [6.45, 7) is 0.782. The van der Waals surface area contributed by atoms with Gasteiger partial charge in [0.2, 0.25) is 0 Å². The molecular weight excluding hydrogens is 208 g/mol.